The molecule has 1 saturated heterocycles. The highest BCUT2D eigenvalue weighted by Crippen LogP contribution is 2.19. The molecule has 144 valence electrons. The third kappa shape index (κ3) is 3.71. The lowest BCUT2D eigenvalue weighted by molar-refractivity contribution is -0.148. The minimum Gasteiger partial charge on any atom is -0.345 e. The molecular formula is C20H22N6O2. The van der Waals surface area contributed by atoms with Gasteiger partial charge in [0.2, 0.25) is 11.8 Å². The molecule has 1 aliphatic heterocycles. The van der Waals surface area contributed by atoms with Crippen molar-refractivity contribution >= 4 is 22.8 Å². The molecule has 0 aliphatic carbocycles. The third-order valence-corrected chi connectivity index (χ3v) is 5.09. The molecular weight excluding hydrogens is 356 g/mol. The average Bonchev–Trinajstić information content (AvgIpc) is 3.08. The summed E-state index contributed by atoms with van der Waals surface area (Å²) in [5.41, 5.74) is 2.56. The zero-order valence-corrected chi connectivity index (χ0v) is 15.7. The first-order valence-electron chi connectivity index (χ1n) is 9.32. The van der Waals surface area contributed by atoms with E-state index in [0.717, 1.165) is 23.1 Å². The number of rotatable bonds is 6. The van der Waals surface area contributed by atoms with E-state index >= 15 is 0 Å². The molecule has 0 saturated carbocycles. The number of carbonyl (C=O) groups excluding carboxylic acids is 2. The number of nitrogens with zero attached hydrogens (tertiary/aromatic N) is 6. The maximum Gasteiger partial charge on any atom is 0.244 e. The van der Waals surface area contributed by atoms with Gasteiger partial charge in [-0.25, -0.2) is 4.68 Å². The summed E-state index contributed by atoms with van der Waals surface area (Å²) in [5.74, 6) is -0.104. The van der Waals surface area contributed by atoms with E-state index in [1.165, 1.54) is 0 Å². The Labute approximate surface area is 162 Å². The molecule has 0 bridgehead atoms. The summed E-state index contributed by atoms with van der Waals surface area (Å²) in [6.45, 7) is 1.67. The summed E-state index contributed by atoms with van der Waals surface area (Å²) >= 11 is 0. The van der Waals surface area contributed by atoms with Crippen molar-refractivity contribution in [2.45, 2.75) is 13.0 Å². The predicted octanol–water partition coefficient (Wildman–Crippen LogP) is 0.986. The lowest BCUT2D eigenvalue weighted by Crippen LogP contribution is -2.56. The summed E-state index contributed by atoms with van der Waals surface area (Å²) < 4.78 is 1.60. The molecule has 0 spiro atoms. The highest BCUT2D eigenvalue weighted by Gasteiger charge is 2.37. The fourth-order valence-electron chi connectivity index (χ4n) is 3.35. The first-order chi connectivity index (χ1) is 13.6. The van der Waals surface area contributed by atoms with Gasteiger partial charge in [-0.3, -0.25) is 14.6 Å². The SMILES string of the molecule is CN(CCc1ccccn1)C(=O)C1CN(C(=O)Cn2nnc3ccccc32)C1. The fourth-order valence-corrected chi connectivity index (χ4v) is 3.35. The molecule has 0 unspecified atom stereocenters. The fraction of sp³-hybridized carbons (Fsp3) is 0.350. The van der Waals surface area contributed by atoms with E-state index in [4.69, 9.17) is 0 Å². The Morgan fingerprint density at radius 3 is 2.71 bits per heavy atom. The van der Waals surface area contributed by atoms with Crippen LogP contribution in [-0.4, -0.2) is 68.3 Å². The van der Waals surface area contributed by atoms with E-state index in [-0.39, 0.29) is 24.3 Å². The zero-order chi connectivity index (χ0) is 19.5. The maximum absolute atomic E-state index is 12.5. The van der Waals surface area contributed by atoms with Gasteiger partial charge in [0.05, 0.1) is 11.4 Å². The van der Waals surface area contributed by atoms with E-state index in [2.05, 4.69) is 15.3 Å². The Morgan fingerprint density at radius 2 is 1.93 bits per heavy atom. The van der Waals surface area contributed by atoms with Crippen molar-refractivity contribution in [3.63, 3.8) is 0 Å². The average molecular weight is 378 g/mol. The van der Waals surface area contributed by atoms with E-state index in [9.17, 15) is 9.59 Å². The number of amides is 2. The van der Waals surface area contributed by atoms with Crippen molar-refractivity contribution in [2.24, 2.45) is 5.92 Å². The Morgan fingerprint density at radius 1 is 1.14 bits per heavy atom. The number of pyridine rings is 1. The molecule has 2 amide bonds. The second-order valence-corrected chi connectivity index (χ2v) is 7.06. The van der Waals surface area contributed by atoms with E-state index in [0.29, 0.717) is 19.6 Å². The van der Waals surface area contributed by atoms with Gasteiger partial charge in [-0.05, 0) is 24.3 Å². The number of para-hydroxylation sites is 1. The van der Waals surface area contributed by atoms with Crippen molar-refractivity contribution < 1.29 is 9.59 Å². The molecule has 1 fully saturated rings. The zero-order valence-electron chi connectivity index (χ0n) is 15.7. The minimum absolute atomic E-state index is 0.0455. The number of likely N-dealkylation sites (N-methyl/N-ethyl adjacent to an activating group) is 1. The molecule has 0 radical (unpaired) electrons. The Hall–Kier alpha value is -3.29. The predicted molar refractivity (Wildman–Crippen MR) is 103 cm³/mol. The molecule has 2 aromatic heterocycles. The van der Waals surface area contributed by atoms with E-state index in [1.807, 2.05) is 42.5 Å². The van der Waals surface area contributed by atoms with Crippen molar-refractivity contribution in [3.05, 3.63) is 54.4 Å². The molecule has 8 nitrogen and oxygen atoms in total. The van der Waals surface area contributed by atoms with Crippen LogP contribution in [0.4, 0.5) is 0 Å². The second-order valence-electron chi connectivity index (χ2n) is 7.06. The number of likely N-dealkylation sites (tertiary alicyclic amines) is 1. The smallest absolute Gasteiger partial charge is 0.244 e. The second kappa shape index (κ2) is 7.75. The molecule has 4 rings (SSSR count). The summed E-state index contributed by atoms with van der Waals surface area (Å²) in [4.78, 5) is 32.7. The van der Waals surface area contributed by atoms with Crippen LogP contribution in [0, 0.1) is 5.92 Å². The van der Waals surface area contributed by atoms with Crippen molar-refractivity contribution in [2.75, 3.05) is 26.7 Å². The van der Waals surface area contributed by atoms with Crippen LogP contribution in [0.5, 0.6) is 0 Å². The lowest BCUT2D eigenvalue weighted by atomic mass is 9.98. The minimum atomic E-state index is -0.134. The van der Waals surface area contributed by atoms with Crippen LogP contribution in [0.2, 0.25) is 0 Å². The summed E-state index contributed by atoms with van der Waals surface area (Å²) in [7, 11) is 1.80. The Balaban J connectivity index is 1.26. The van der Waals surface area contributed by atoms with Gasteiger partial charge in [0.1, 0.15) is 12.1 Å². The lowest BCUT2D eigenvalue weighted by Gasteiger charge is -2.39. The molecule has 28 heavy (non-hydrogen) atoms. The van der Waals surface area contributed by atoms with Gasteiger partial charge >= 0.3 is 0 Å². The molecule has 1 aliphatic rings. The summed E-state index contributed by atoms with van der Waals surface area (Å²) in [6.07, 6.45) is 2.47. The van der Waals surface area contributed by atoms with Gasteiger partial charge in [0.15, 0.2) is 0 Å². The number of benzene rings is 1. The number of hydrogen-bond donors (Lipinski definition) is 0. The van der Waals surface area contributed by atoms with Crippen LogP contribution in [0.3, 0.4) is 0 Å². The van der Waals surface area contributed by atoms with Gasteiger partial charge in [-0.15, -0.1) is 5.10 Å². The van der Waals surface area contributed by atoms with Crippen molar-refractivity contribution in [1.29, 1.82) is 0 Å². The topological polar surface area (TPSA) is 84.2 Å². The summed E-state index contributed by atoms with van der Waals surface area (Å²) in [6, 6.07) is 13.3. The van der Waals surface area contributed by atoms with Crippen LogP contribution in [0.15, 0.2) is 48.7 Å². The molecule has 1 aromatic carbocycles. The normalized spacial score (nSPS) is 14.1. The van der Waals surface area contributed by atoms with Crippen LogP contribution in [-0.2, 0) is 22.6 Å². The maximum atomic E-state index is 12.5. The standard InChI is InChI=1S/C20H22N6O2/c1-24(11-9-16-6-4-5-10-21-16)20(28)15-12-25(13-15)19(27)14-26-18-8-3-2-7-17(18)22-23-26/h2-8,10,15H,9,11-14H2,1H3. The number of aromatic nitrogens is 4. The van der Waals surface area contributed by atoms with Gasteiger partial charge in [0, 0.05) is 45.0 Å². The molecule has 8 heteroatoms. The first kappa shape index (κ1) is 18.1. The first-order valence-corrected chi connectivity index (χ1v) is 9.32. The summed E-state index contributed by atoms with van der Waals surface area (Å²) in [5, 5.41) is 8.11. The number of carbonyl (C=O) groups is 2. The molecule has 3 aromatic rings. The number of hydrogen-bond acceptors (Lipinski definition) is 5. The Bertz CT molecular complexity index is 981. The van der Waals surface area contributed by atoms with Crippen LogP contribution in [0.1, 0.15) is 5.69 Å². The number of fused-ring (bicyclic) bond motifs is 1. The largest absolute Gasteiger partial charge is 0.345 e. The van der Waals surface area contributed by atoms with E-state index < -0.39 is 0 Å². The third-order valence-electron chi connectivity index (χ3n) is 5.09. The molecule has 0 atom stereocenters. The van der Waals surface area contributed by atoms with Crippen LogP contribution in [0.25, 0.3) is 11.0 Å². The molecule has 3 heterocycles. The van der Waals surface area contributed by atoms with Gasteiger partial charge in [0.25, 0.3) is 0 Å². The van der Waals surface area contributed by atoms with E-state index in [1.54, 1.807) is 27.7 Å². The highest BCUT2D eigenvalue weighted by molar-refractivity contribution is 5.85. The monoisotopic (exact) mass is 378 g/mol. The van der Waals surface area contributed by atoms with Crippen molar-refractivity contribution in [3.8, 4) is 0 Å². The Kier molecular flexibility index (Phi) is 5.01. The van der Waals surface area contributed by atoms with Gasteiger partial charge in [-0.1, -0.05) is 23.4 Å². The highest BCUT2D eigenvalue weighted by atomic mass is 16.2. The molecule has 0 N–H and O–H groups in total. The van der Waals surface area contributed by atoms with Crippen LogP contribution >= 0.6 is 0 Å². The van der Waals surface area contributed by atoms with Crippen molar-refractivity contribution in [1.82, 2.24) is 29.8 Å². The van der Waals surface area contributed by atoms with Gasteiger partial charge < -0.3 is 9.80 Å². The van der Waals surface area contributed by atoms with Crippen LogP contribution < -0.4 is 0 Å². The quantitative estimate of drug-likeness (QED) is 0.639. The van der Waals surface area contributed by atoms with Gasteiger partial charge in [-0.2, -0.15) is 0 Å².